The van der Waals surface area contributed by atoms with Crippen molar-refractivity contribution in [2.24, 2.45) is 0 Å². The molecule has 0 bridgehead atoms. The van der Waals surface area contributed by atoms with Crippen LogP contribution in [0.4, 0.5) is 0 Å². The standard InChI is InChI=1S/C24H28N2O2/c1-18-10-12-19(13-11-18)17-26-16-6-15-25-14-5-8-21(25)23(26)20-7-4-9-22(27-2)24(20)28-3/h4-5,7-14,23H,6,15-17H2,1-3H3. The summed E-state index contributed by atoms with van der Waals surface area (Å²) < 4.78 is 13.8. The van der Waals surface area contributed by atoms with E-state index in [4.69, 9.17) is 9.47 Å². The third-order valence-corrected chi connectivity index (χ3v) is 5.59. The van der Waals surface area contributed by atoms with E-state index in [9.17, 15) is 0 Å². The number of rotatable bonds is 5. The van der Waals surface area contributed by atoms with Crippen molar-refractivity contribution < 1.29 is 9.47 Å². The van der Waals surface area contributed by atoms with Gasteiger partial charge in [-0.25, -0.2) is 0 Å². The summed E-state index contributed by atoms with van der Waals surface area (Å²) in [6, 6.07) is 19.5. The van der Waals surface area contributed by atoms with Gasteiger partial charge in [-0.15, -0.1) is 0 Å². The van der Waals surface area contributed by atoms with Crippen molar-refractivity contribution in [2.75, 3.05) is 20.8 Å². The van der Waals surface area contributed by atoms with Crippen LogP contribution in [0.3, 0.4) is 0 Å². The van der Waals surface area contributed by atoms with Crippen molar-refractivity contribution in [1.82, 2.24) is 9.47 Å². The van der Waals surface area contributed by atoms with E-state index in [-0.39, 0.29) is 6.04 Å². The maximum atomic E-state index is 5.81. The predicted octanol–water partition coefficient (Wildman–Crippen LogP) is 4.81. The molecule has 0 N–H and O–H groups in total. The van der Waals surface area contributed by atoms with Gasteiger partial charge >= 0.3 is 0 Å². The predicted molar refractivity (Wildman–Crippen MR) is 112 cm³/mol. The van der Waals surface area contributed by atoms with Crippen LogP contribution in [-0.4, -0.2) is 30.2 Å². The molecule has 1 aromatic heterocycles. The van der Waals surface area contributed by atoms with E-state index in [1.165, 1.54) is 16.8 Å². The number of hydrogen-bond acceptors (Lipinski definition) is 3. The van der Waals surface area contributed by atoms with Crippen molar-refractivity contribution >= 4 is 0 Å². The lowest BCUT2D eigenvalue weighted by Crippen LogP contribution is -2.29. The highest BCUT2D eigenvalue weighted by atomic mass is 16.5. The fraction of sp³-hybridized carbons (Fsp3) is 0.333. The summed E-state index contributed by atoms with van der Waals surface area (Å²) in [5.74, 6) is 1.59. The first-order valence-electron chi connectivity index (χ1n) is 9.87. The van der Waals surface area contributed by atoms with E-state index in [2.05, 4.69) is 71.1 Å². The number of fused-ring (bicyclic) bond motifs is 1. The number of ether oxygens (including phenoxy) is 2. The van der Waals surface area contributed by atoms with Gasteiger partial charge in [0.25, 0.3) is 0 Å². The van der Waals surface area contributed by atoms with Crippen LogP contribution in [0.25, 0.3) is 0 Å². The normalized spacial score (nSPS) is 17.0. The molecule has 1 aliphatic rings. The van der Waals surface area contributed by atoms with Crippen LogP contribution in [0.1, 0.15) is 34.8 Å². The summed E-state index contributed by atoms with van der Waals surface area (Å²) in [4.78, 5) is 2.56. The maximum Gasteiger partial charge on any atom is 0.165 e. The van der Waals surface area contributed by atoms with Crippen LogP contribution in [0.15, 0.2) is 60.8 Å². The highest BCUT2D eigenvalue weighted by molar-refractivity contribution is 5.50. The van der Waals surface area contributed by atoms with Crippen LogP contribution in [0.2, 0.25) is 0 Å². The first kappa shape index (κ1) is 18.6. The average Bonchev–Trinajstić information content (AvgIpc) is 3.10. The number of aryl methyl sites for hydroxylation is 2. The molecule has 0 saturated carbocycles. The smallest absolute Gasteiger partial charge is 0.165 e. The molecule has 2 heterocycles. The van der Waals surface area contributed by atoms with Crippen molar-refractivity contribution in [3.8, 4) is 11.5 Å². The second kappa shape index (κ2) is 8.11. The van der Waals surface area contributed by atoms with Gasteiger partial charge in [-0.1, -0.05) is 42.0 Å². The van der Waals surface area contributed by atoms with Crippen molar-refractivity contribution in [1.29, 1.82) is 0 Å². The third-order valence-electron chi connectivity index (χ3n) is 5.59. The highest BCUT2D eigenvalue weighted by Gasteiger charge is 2.30. The van der Waals surface area contributed by atoms with Gasteiger partial charge in [0.2, 0.25) is 0 Å². The summed E-state index contributed by atoms with van der Waals surface area (Å²) in [5.41, 5.74) is 5.07. The molecule has 146 valence electrons. The van der Waals surface area contributed by atoms with E-state index >= 15 is 0 Å². The van der Waals surface area contributed by atoms with Crippen LogP contribution in [0.5, 0.6) is 11.5 Å². The Bertz CT molecular complexity index is 930. The van der Waals surface area contributed by atoms with Gasteiger partial charge in [-0.05, 0) is 37.1 Å². The van der Waals surface area contributed by atoms with Gasteiger partial charge < -0.3 is 14.0 Å². The Balaban J connectivity index is 1.80. The molecule has 1 unspecified atom stereocenters. The number of para-hydroxylation sites is 1. The van der Waals surface area contributed by atoms with Crippen LogP contribution in [0, 0.1) is 6.92 Å². The molecular formula is C24H28N2O2. The number of nitrogens with zero attached hydrogens (tertiary/aromatic N) is 2. The van der Waals surface area contributed by atoms with Gasteiger partial charge in [-0.3, -0.25) is 4.90 Å². The van der Waals surface area contributed by atoms with Gasteiger partial charge in [-0.2, -0.15) is 0 Å². The summed E-state index contributed by atoms with van der Waals surface area (Å²) >= 11 is 0. The lowest BCUT2D eigenvalue weighted by Gasteiger charge is -2.32. The van der Waals surface area contributed by atoms with E-state index in [1.54, 1.807) is 14.2 Å². The van der Waals surface area contributed by atoms with Crippen LogP contribution < -0.4 is 9.47 Å². The second-order valence-electron chi connectivity index (χ2n) is 7.42. The minimum absolute atomic E-state index is 0.115. The zero-order chi connectivity index (χ0) is 19.5. The molecule has 0 aliphatic carbocycles. The fourth-order valence-corrected chi connectivity index (χ4v) is 4.22. The molecule has 0 amide bonds. The van der Waals surface area contributed by atoms with E-state index < -0.39 is 0 Å². The van der Waals surface area contributed by atoms with Crippen molar-refractivity contribution in [2.45, 2.75) is 32.5 Å². The number of aromatic nitrogens is 1. The molecule has 4 rings (SSSR count). The molecule has 0 spiro atoms. The molecule has 4 nitrogen and oxygen atoms in total. The minimum Gasteiger partial charge on any atom is -0.493 e. The molecule has 0 radical (unpaired) electrons. The summed E-state index contributed by atoms with van der Waals surface area (Å²) in [6.45, 7) is 5.10. The molecule has 28 heavy (non-hydrogen) atoms. The van der Waals surface area contributed by atoms with Crippen molar-refractivity contribution in [3.05, 3.63) is 83.2 Å². The van der Waals surface area contributed by atoms with Gasteiger partial charge in [0.05, 0.1) is 20.3 Å². The lowest BCUT2D eigenvalue weighted by molar-refractivity contribution is 0.215. The van der Waals surface area contributed by atoms with Crippen LogP contribution >= 0.6 is 0 Å². The quantitative estimate of drug-likeness (QED) is 0.639. The van der Waals surface area contributed by atoms with E-state index in [0.29, 0.717) is 0 Å². The van der Waals surface area contributed by atoms with E-state index in [1.807, 2.05) is 6.07 Å². The number of methoxy groups -OCH3 is 2. The molecule has 1 atom stereocenters. The Morgan fingerprint density at radius 3 is 2.50 bits per heavy atom. The molecule has 4 heteroatoms. The molecular weight excluding hydrogens is 348 g/mol. The van der Waals surface area contributed by atoms with Gasteiger partial charge in [0.15, 0.2) is 11.5 Å². The van der Waals surface area contributed by atoms with Crippen molar-refractivity contribution in [3.63, 3.8) is 0 Å². The summed E-state index contributed by atoms with van der Waals surface area (Å²) in [7, 11) is 3.42. The van der Waals surface area contributed by atoms with E-state index in [0.717, 1.165) is 43.1 Å². The topological polar surface area (TPSA) is 26.6 Å². The average molecular weight is 377 g/mol. The lowest BCUT2D eigenvalue weighted by atomic mass is 9.99. The Hall–Kier alpha value is -2.72. The monoisotopic (exact) mass is 376 g/mol. The largest absolute Gasteiger partial charge is 0.493 e. The Labute approximate surface area is 167 Å². The third kappa shape index (κ3) is 3.52. The molecule has 3 aromatic rings. The Morgan fingerprint density at radius 2 is 1.75 bits per heavy atom. The number of benzene rings is 2. The molecule has 0 saturated heterocycles. The SMILES string of the molecule is COc1cccc(C2c3cccn3CCCN2Cc2ccc(C)cc2)c1OC. The zero-order valence-electron chi connectivity index (χ0n) is 16.9. The van der Waals surface area contributed by atoms with Crippen LogP contribution in [-0.2, 0) is 13.1 Å². The molecule has 2 aromatic carbocycles. The highest BCUT2D eigenvalue weighted by Crippen LogP contribution is 2.41. The Morgan fingerprint density at radius 1 is 0.929 bits per heavy atom. The fourth-order valence-electron chi connectivity index (χ4n) is 4.22. The van der Waals surface area contributed by atoms with Gasteiger partial charge in [0.1, 0.15) is 0 Å². The van der Waals surface area contributed by atoms with Gasteiger partial charge in [0, 0.05) is 37.1 Å². The first-order chi connectivity index (χ1) is 13.7. The molecule has 1 aliphatic heterocycles. The second-order valence-corrected chi connectivity index (χ2v) is 7.42. The summed E-state index contributed by atoms with van der Waals surface area (Å²) in [5, 5.41) is 0. The zero-order valence-corrected chi connectivity index (χ0v) is 16.9. The summed E-state index contributed by atoms with van der Waals surface area (Å²) in [6.07, 6.45) is 3.31. The minimum atomic E-state index is 0.115. The first-order valence-corrected chi connectivity index (χ1v) is 9.87. The Kier molecular flexibility index (Phi) is 5.40. The molecule has 0 fully saturated rings. The number of hydrogen-bond donors (Lipinski definition) is 0. The maximum absolute atomic E-state index is 5.81.